The minimum absolute atomic E-state index is 0.0756. The molecule has 0 aliphatic carbocycles. The van der Waals surface area contributed by atoms with Gasteiger partial charge in [0.1, 0.15) is 5.69 Å². The van der Waals surface area contributed by atoms with Crippen molar-refractivity contribution in [3.05, 3.63) is 102 Å². The number of imidazole rings is 1. The van der Waals surface area contributed by atoms with Crippen LogP contribution in [0.15, 0.2) is 84.2 Å². The van der Waals surface area contributed by atoms with Crippen molar-refractivity contribution in [1.82, 2.24) is 19.6 Å². The quantitative estimate of drug-likeness (QED) is 0.336. The maximum absolute atomic E-state index is 13.3. The van der Waals surface area contributed by atoms with Gasteiger partial charge in [0.15, 0.2) is 5.65 Å². The number of hydrazone groups is 1. The van der Waals surface area contributed by atoms with E-state index in [4.69, 9.17) is 0 Å². The molecular formula is C25H16FN5O3. The Morgan fingerprint density at radius 2 is 1.88 bits per heavy atom. The SMILES string of the molecule is O=C(F)OC1=NN(C(=O)c2cccc(C#Cc3cnc4cccnn34)c2)C(c2ccccc2)C1. The van der Waals surface area contributed by atoms with E-state index in [1.54, 1.807) is 47.2 Å². The topological polar surface area (TPSA) is 89.2 Å². The molecule has 4 aromatic rings. The summed E-state index contributed by atoms with van der Waals surface area (Å²) in [4.78, 5) is 28.4. The molecule has 9 heteroatoms. The van der Waals surface area contributed by atoms with E-state index in [2.05, 4.69) is 31.8 Å². The summed E-state index contributed by atoms with van der Waals surface area (Å²) in [6.07, 6.45) is 1.38. The molecule has 0 fully saturated rings. The van der Waals surface area contributed by atoms with Gasteiger partial charge in [0, 0.05) is 17.3 Å². The second-order valence-corrected chi connectivity index (χ2v) is 7.38. The van der Waals surface area contributed by atoms with Crippen LogP contribution in [0.5, 0.6) is 0 Å². The van der Waals surface area contributed by atoms with Gasteiger partial charge < -0.3 is 4.74 Å². The van der Waals surface area contributed by atoms with Crippen LogP contribution in [0.3, 0.4) is 0 Å². The molecule has 34 heavy (non-hydrogen) atoms. The normalized spacial score (nSPS) is 14.9. The van der Waals surface area contributed by atoms with Gasteiger partial charge in [-0.25, -0.2) is 19.3 Å². The zero-order chi connectivity index (χ0) is 23.5. The van der Waals surface area contributed by atoms with E-state index >= 15 is 0 Å². The summed E-state index contributed by atoms with van der Waals surface area (Å²) in [6.45, 7) is 0. The molecule has 0 radical (unpaired) electrons. The van der Waals surface area contributed by atoms with Crippen LogP contribution < -0.4 is 0 Å². The van der Waals surface area contributed by atoms with Crippen LogP contribution in [0, 0.1) is 11.8 Å². The van der Waals surface area contributed by atoms with E-state index in [1.165, 1.54) is 5.01 Å². The van der Waals surface area contributed by atoms with Gasteiger partial charge in [-0.2, -0.15) is 5.10 Å². The van der Waals surface area contributed by atoms with Crippen LogP contribution in [0.2, 0.25) is 0 Å². The Hall–Kier alpha value is -4.84. The minimum Gasteiger partial charge on any atom is -0.384 e. The number of nitrogens with zero attached hydrogens (tertiary/aromatic N) is 5. The predicted molar refractivity (Wildman–Crippen MR) is 120 cm³/mol. The van der Waals surface area contributed by atoms with Crippen molar-refractivity contribution in [3.8, 4) is 11.8 Å². The van der Waals surface area contributed by atoms with Crippen molar-refractivity contribution in [3.63, 3.8) is 0 Å². The van der Waals surface area contributed by atoms with Crippen LogP contribution in [0.1, 0.15) is 39.6 Å². The number of amides is 1. The number of aromatic nitrogens is 3. The number of halogens is 1. The molecule has 0 saturated carbocycles. The fourth-order valence-electron chi connectivity index (χ4n) is 3.67. The molecule has 0 bridgehead atoms. The van der Waals surface area contributed by atoms with Crippen LogP contribution in [-0.4, -0.2) is 37.6 Å². The average molecular weight is 453 g/mol. The molecule has 0 N–H and O–H groups in total. The summed E-state index contributed by atoms with van der Waals surface area (Å²) < 4.78 is 19.0. The summed E-state index contributed by atoms with van der Waals surface area (Å²) in [7, 11) is 0. The lowest BCUT2D eigenvalue weighted by atomic mass is 10.0. The molecule has 8 nitrogen and oxygen atoms in total. The summed E-state index contributed by atoms with van der Waals surface area (Å²) in [5.74, 6) is 5.45. The second-order valence-electron chi connectivity index (χ2n) is 7.38. The summed E-state index contributed by atoms with van der Waals surface area (Å²) in [5, 5.41) is 9.51. The fraction of sp³-hybridized carbons (Fsp3) is 0.0800. The molecule has 166 valence electrons. The predicted octanol–water partition coefficient (Wildman–Crippen LogP) is 4.14. The first-order valence-electron chi connectivity index (χ1n) is 10.3. The molecule has 1 unspecified atom stereocenters. The van der Waals surface area contributed by atoms with Gasteiger partial charge in [0.25, 0.3) is 5.91 Å². The van der Waals surface area contributed by atoms with Crippen LogP contribution in [-0.2, 0) is 4.74 Å². The monoisotopic (exact) mass is 453 g/mol. The van der Waals surface area contributed by atoms with Crippen LogP contribution >= 0.6 is 0 Å². The van der Waals surface area contributed by atoms with Gasteiger partial charge >= 0.3 is 6.22 Å². The lowest BCUT2D eigenvalue weighted by Crippen LogP contribution is -2.27. The first kappa shape index (κ1) is 21.0. The van der Waals surface area contributed by atoms with Gasteiger partial charge in [-0.05, 0) is 41.8 Å². The summed E-state index contributed by atoms with van der Waals surface area (Å²) in [6, 6.07) is 19.0. The number of carbonyl (C=O) groups is 2. The number of hydrogen-bond acceptors (Lipinski definition) is 6. The minimum atomic E-state index is -1.97. The van der Waals surface area contributed by atoms with E-state index < -0.39 is 18.2 Å². The molecular weight excluding hydrogens is 437 g/mol. The maximum Gasteiger partial charge on any atom is 0.502 e. The summed E-state index contributed by atoms with van der Waals surface area (Å²) in [5.41, 5.74) is 3.00. The van der Waals surface area contributed by atoms with Gasteiger partial charge in [-0.15, -0.1) is 9.49 Å². The van der Waals surface area contributed by atoms with Gasteiger partial charge in [0.05, 0.1) is 18.7 Å². The van der Waals surface area contributed by atoms with Crippen LogP contribution in [0.25, 0.3) is 5.65 Å². The maximum atomic E-state index is 13.3. The highest BCUT2D eigenvalue weighted by molar-refractivity contribution is 5.98. The van der Waals surface area contributed by atoms with E-state index in [0.717, 1.165) is 5.56 Å². The van der Waals surface area contributed by atoms with Crippen molar-refractivity contribution >= 4 is 23.7 Å². The molecule has 1 amide bonds. The Kier molecular flexibility index (Phi) is 5.54. The lowest BCUT2D eigenvalue weighted by Gasteiger charge is -2.21. The van der Waals surface area contributed by atoms with Crippen molar-refractivity contribution in [2.45, 2.75) is 12.5 Å². The zero-order valence-corrected chi connectivity index (χ0v) is 17.6. The van der Waals surface area contributed by atoms with E-state index in [-0.39, 0.29) is 12.3 Å². The molecule has 5 rings (SSSR count). The first-order valence-corrected chi connectivity index (χ1v) is 10.3. The second kappa shape index (κ2) is 8.96. The Morgan fingerprint density at radius 3 is 2.71 bits per heavy atom. The molecule has 0 saturated heterocycles. The molecule has 1 aliphatic rings. The number of rotatable bonds is 2. The van der Waals surface area contributed by atoms with Crippen molar-refractivity contribution in [1.29, 1.82) is 0 Å². The molecule has 1 atom stereocenters. The van der Waals surface area contributed by atoms with Crippen LogP contribution in [0.4, 0.5) is 9.18 Å². The third-order valence-corrected chi connectivity index (χ3v) is 5.20. The third-order valence-electron chi connectivity index (χ3n) is 5.20. The molecule has 2 aromatic heterocycles. The standard InChI is InChI=1S/C25H16FN5O3/c26-25(33)34-23-15-21(18-7-2-1-3-8-18)31(29-23)24(32)19-9-4-6-17(14-19)11-12-20-16-27-22-10-5-13-28-30(20)22/h1-10,13-14,16,21H,15H2. The molecule has 1 aliphatic heterocycles. The average Bonchev–Trinajstić information content (AvgIpc) is 3.47. The Morgan fingerprint density at radius 1 is 1.03 bits per heavy atom. The van der Waals surface area contributed by atoms with E-state index in [9.17, 15) is 14.0 Å². The zero-order valence-electron chi connectivity index (χ0n) is 17.6. The Bertz CT molecular complexity index is 1490. The number of benzene rings is 2. The summed E-state index contributed by atoms with van der Waals surface area (Å²) >= 11 is 0. The van der Waals surface area contributed by atoms with Gasteiger partial charge in [-0.1, -0.05) is 42.3 Å². The van der Waals surface area contributed by atoms with Gasteiger partial charge in [0.2, 0.25) is 5.90 Å². The van der Waals surface area contributed by atoms with E-state index in [0.29, 0.717) is 22.5 Å². The highest BCUT2D eigenvalue weighted by atomic mass is 19.1. The first-order chi connectivity index (χ1) is 16.6. The number of hydrogen-bond donors (Lipinski definition) is 0. The van der Waals surface area contributed by atoms with Crippen molar-refractivity contribution in [2.75, 3.05) is 0 Å². The fourth-order valence-corrected chi connectivity index (χ4v) is 3.67. The number of fused-ring (bicyclic) bond motifs is 1. The highest BCUT2D eigenvalue weighted by Gasteiger charge is 2.35. The molecule has 3 heterocycles. The lowest BCUT2D eigenvalue weighted by molar-refractivity contribution is 0.0710. The van der Waals surface area contributed by atoms with Crippen molar-refractivity contribution < 1.29 is 18.7 Å². The molecule has 0 spiro atoms. The largest absolute Gasteiger partial charge is 0.502 e. The highest BCUT2D eigenvalue weighted by Crippen LogP contribution is 2.32. The smallest absolute Gasteiger partial charge is 0.384 e. The van der Waals surface area contributed by atoms with Gasteiger partial charge in [-0.3, -0.25) is 4.79 Å². The Labute approximate surface area is 193 Å². The third kappa shape index (κ3) is 4.25. The number of ether oxygens (including phenoxy) is 1. The van der Waals surface area contributed by atoms with E-state index in [1.807, 2.05) is 36.4 Å². The molecule has 2 aromatic carbocycles. The Balaban J connectivity index is 1.44. The number of carbonyl (C=O) groups excluding carboxylic acids is 2. The van der Waals surface area contributed by atoms with Crippen molar-refractivity contribution in [2.24, 2.45) is 5.10 Å².